The fourth-order valence-corrected chi connectivity index (χ4v) is 0. The van der Waals surface area contributed by atoms with E-state index in [4.69, 9.17) is 43.1 Å². The first kappa shape index (κ1) is 18.9. The molecule has 0 unspecified atom stereocenters. The monoisotopic (exact) mass is 548 g/mol. The van der Waals surface area contributed by atoms with Gasteiger partial charge in [-0.15, -0.1) is 0 Å². The van der Waals surface area contributed by atoms with Crippen molar-refractivity contribution in [3.63, 3.8) is 0 Å². The van der Waals surface area contributed by atoms with Crippen LogP contribution in [0.1, 0.15) is 0 Å². The summed E-state index contributed by atoms with van der Waals surface area (Å²) in [6, 6.07) is 0. The molecule has 0 heterocycles. The summed E-state index contributed by atoms with van der Waals surface area (Å²) in [5, 5.41) is 0. The van der Waals surface area contributed by atoms with Crippen molar-refractivity contribution in [1.82, 2.24) is 0 Å². The van der Waals surface area contributed by atoms with Gasteiger partial charge in [-0.1, -0.05) is 0 Å². The zero-order valence-electron chi connectivity index (χ0n) is 4.33. The summed E-state index contributed by atoms with van der Waals surface area (Å²) >= 11 is -2.18. The quantitative estimate of drug-likeness (QED) is 0.242. The average Bonchev–Trinajstić information content (AvgIpc) is 1.19. The van der Waals surface area contributed by atoms with Gasteiger partial charge in [0, 0.05) is 10.4 Å². The van der Waals surface area contributed by atoms with Crippen LogP contribution in [0.5, 0.6) is 0 Å². The summed E-state index contributed by atoms with van der Waals surface area (Å²) in [4.78, 5) is 0. The Bertz CT molecular complexity index is 132. The summed E-state index contributed by atoms with van der Waals surface area (Å²) in [6.45, 7) is 0. The van der Waals surface area contributed by atoms with Gasteiger partial charge >= 0.3 is 92.6 Å². The summed E-state index contributed by atoms with van der Waals surface area (Å²) < 4.78 is 34.1. The molecular weight excluding hydrogens is 549 g/mol. The number of rotatable bonds is 0. The molecule has 0 saturated carbocycles. The molecule has 0 aromatic carbocycles. The third kappa shape index (κ3) is 114. The van der Waals surface area contributed by atoms with Crippen LogP contribution in [0.15, 0.2) is 0 Å². The molecular formula is BaBiCl3O4S. The Hall–Kier alpha value is 3.19. The van der Waals surface area contributed by atoms with Gasteiger partial charge in [0.1, 0.15) is 0 Å². The number of halogens is 3. The van der Waals surface area contributed by atoms with Gasteiger partial charge in [-0.05, 0) is 0 Å². The molecule has 0 atom stereocenters. The van der Waals surface area contributed by atoms with Gasteiger partial charge in [0.15, 0.2) is 0 Å². The van der Waals surface area contributed by atoms with Crippen molar-refractivity contribution in [2.24, 2.45) is 0 Å². The molecule has 0 amide bonds. The molecule has 0 aliphatic carbocycles. The molecule has 0 radical (unpaired) electrons. The molecule has 0 fully saturated rings. The molecule has 0 bridgehead atoms. The van der Waals surface area contributed by atoms with E-state index in [1.54, 1.807) is 0 Å². The van der Waals surface area contributed by atoms with Crippen molar-refractivity contribution in [2.75, 3.05) is 0 Å². The van der Waals surface area contributed by atoms with Gasteiger partial charge in [-0.3, -0.25) is 8.42 Å². The third-order valence-electron chi connectivity index (χ3n) is 0. The van der Waals surface area contributed by atoms with Crippen LogP contribution < -0.4 is 0 Å². The zero-order chi connectivity index (χ0) is 8.08. The number of hydrogen-bond donors (Lipinski definition) is 0. The van der Waals surface area contributed by atoms with E-state index >= 15 is 0 Å². The van der Waals surface area contributed by atoms with E-state index < -0.39 is 28.6 Å². The first-order valence-electron chi connectivity index (χ1n) is 1.17. The van der Waals surface area contributed by atoms with Gasteiger partial charge in [-0.2, -0.15) is 0 Å². The molecule has 0 aromatic heterocycles. The van der Waals surface area contributed by atoms with Crippen LogP contribution in [-0.2, 0) is 10.4 Å². The molecule has 10 heavy (non-hydrogen) atoms. The first-order chi connectivity index (χ1) is 3.73. The van der Waals surface area contributed by atoms with E-state index in [0.29, 0.717) is 0 Å². The fraction of sp³-hybridized carbons (Fsp3) is 0. The Morgan fingerprint density at radius 2 is 1.10 bits per heavy atom. The fourth-order valence-electron chi connectivity index (χ4n) is 0. The Morgan fingerprint density at radius 3 is 1.10 bits per heavy atom. The van der Waals surface area contributed by atoms with E-state index in [2.05, 4.69) is 0 Å². The van der Waals surface area contributed by atoms with Crippen molar-refractivity contribution >= 4 is 103 Å². The SMILES string of the molecule is O=S(=O)([O-])[O-].[Ba+2].[Cl][Bi]([Cl])[Cl]. The molecule has 0 aliphatic rings. The third-order valence-corrected chi connectivity index (χ3v) is 0. The predicted molar refractivity (Wildman–Crippen MR) is 39.5 cm³/mol. The van der Waals surface area contributed by atoms with Gasteiger partial charge < -0.3 is 9.11 Å². The molecule has 58 valence electrons. The minimum absolute atomic E-state index is 0. The van der Waals surface area contributed by atoms with Gasteiger partial charge in [0.05, 0.1) is 0 Å². The van der Waals surface area contributed by atoms with Crippen LogP contribution in [0.2, 0.25) is 0 Å². The van der Waals surface area contributed by atoms with E-state index in [0.717, 1.165) is 0 Å². The Labute approximate surface area is 118 Å². The van der Waals surface area contributed by atoms with E-state index in [9.17, 15) is 0 Å². The summed E-state index contributed by atoms with van der Waals surface area (Å²) in [7, 11) is 9.86. The van der Waals surface area contributed by atoms with E-state index in [-0.39, 0.29) is 48.9 Å². The number of hydrogen-bond acceptors (Lipinski definition) is 4. The maximum absolute atomic E-state index is 8.52. The molecule has 0 aliphatic heterocycles. The second-order valence-electron chi connectivity index (χ2n) is 0.600. The summed E-state index contributed by atoms with van der Waals surface area (Å²) in [6.07, 6.45) is 0. The predicted octanol–water partition coefficient (Wildman–Crippen LogP) is -0.0311. The molecule has 0 N–H and O–H groups in total. The normalized spacial score (nSPS) is 9.40. The van der Waals surface area contributed by atoms with Gasteiger partial charge in [0.2, 0.25) is 0 Å². The van der Waals surface area contributed by atoms with Crippen molar-refractivity contribution in [3.05, 3.63) is 0 Å². The maximum atomic E-state index is 8.52. The van der Waals surface area contributed by atoms with Crippen LogP contribution in [0.3, 0.4) is 0 Å². The van der Waals surface area contributed by atoms with Crippen LogP contribution in [0, 0.1) is 0 Å². The Balaban J connectivity index is -0.0000000910. The van der Waals surface area contributed by atoms with Crippen LogP contribution in [-0.4, -0.2) is 84.6 Å². The first-order valence-corrected chi connectivity index (χ1v) is 15.3. The van der Waals surface area contributed by atoms with Crippen molar-refractivity contribution in [3.8, 4) is 0 Å². The molecule has 0 spiro atoms. The molecule has 4 nitrogen and oxygen atoms in total. The van der Waals surface area contributed by atoms with Crippen molar-refractivity contribution in [2.45, 2.75) is 0 Å². The molecule has 0 aromatic rings. The van der Waals surface area contributed by atoms with Crippen molar-refractivity contribution < 1.29 is 17.5 Å². The summed E-state index contributed by atoms with van der Waals surface area (Å²) in [5.41, 5.74) is 0. The van der Waals surface area contributed by atoms with Crippen LogP contribution >= 0.6 is 25.5 Å². The topological polar surface area (TPSA) is 80.3 Å². The molecule has 0 rings (SSSR count). The van der Waals surface area contributed by atoms with Crippen LogP contribution in [0.4, 0.5) is 0 Å². The van der Waals surface area contributed by atoms with E-state index in [1.165, 1.54) is 0 Å². The van der Waals surface area contributed by atoms with Gasteiger partial charge in [-0.25, -0.2) is 0 Å². The second kappa shape index (κ2) is 10.3. The Morgan fingerprint density at radius 1 is 1.10 bits per heavy atom. The standard InChI is InChI=1S/Ba.Bi.3ClH.H2O4S/c;;;;;1-5(2,3)4/h;;3*1H;(H2,1,2,3,4)/q+2;+3;;;;/p-5. The zero-order valence-corrected chi connectivity index (χ0v) is 15.3. The Kier molecular flexibility index (Phi) is 19.4. The summed E-state index contributed by atoms with van der Waals surface area (Å²) in [5.74, 6) is 0. The molecule has 10 heteroatoms. The average molecular weight is 549 g/mol. The van der Waals surface area contributed by atoms with Crippen LogP contribution in [0.25, 0.3) is 0 Å². The molecule has 0 saturated heterocycles. The van der Waals surface area contributed by atoms with E-state index in [1.807, 2.05) is 0 Å². The van der Waals surface area contributed by atoms with Crippen molar-refractivity contribution in [1.29, 1.82) is 0 Å². The minimum atomic E-state index is -5.17. The second-order valence-corrected chi connectivity index (χ2v) is 16.4. The van der Waals surface area contributed by atoms with Gasteiger partial charge in [0.25, 0.3) is 0 Å².